The molecule has 51 heavy (non-hydrogen) atoms. The van der Waals surface area contributed by atoms with Crippen molar-refractivity contribution in [3.63, 3.8) is 0 Å². The zero-order chi connectivity index (χ0) is 33.5. The molecule has 11 rings (SSSR count). The van der Waals surface area contributed by atoms with Gasteiger partial charge in [-0.15, -0.1) is 11.3 Å². The van der Waals surface area contributed by atoms with Gasteiger partial charge in [-0.25, -0.2) is 4.98 Å². The molecule has 0 saturated carbocycles. The van der Waals surface area contributed by atoms with Gasteiger partial charge in [0.25, 0.3) is 0 Å². The van der Waals surface area contributed by atoms with Gasteiger partial charge in [0, 0.05) is 49.5 Å². The molecule has 8 aromatic carbocycles. The molecule has 0 aliphatic rings. The second kappa shape index (κ2) is 11.0. The third-order valence-corrected chi connectivity index (χ3v) is 11.4. The lowest BCUT2D eigenvalue weighted by atomic mass is 9.92. The molecular formula is C47H28N2OS. The Hall–Kier alpha value is -6.49. The van der Waals surface area contributed by atoms with Crippen LogP contribution < -0.4 is 4.90 Å². The summed E-state index contributed by atoms with van der Waals surface area (Å²) in [5.41, 5.74) is 7.42. The number of nitrogens with zero attached hydrogens (tertiary/aromatic N) is 2. The van der Waals surface area contributed by atoms with Gasteiger partial charge in [-0.05, 0) is 110 Å². The number of hydrogen-bond donors (Lipinski definition) is 0. The molecular weight excluding hydrogens is 641 g/mol. The lowest BCUT2D eigenvalue weighted by Gasteiger charge is -2.26. The van der Waals surface area contributed by atoms with Gasteiger partial charge >= 0.3 is 0 Å². The molecule has 0 fully saturated rings. The van der Waals surface area contributed by atoms with E-state index in [2.05, 4.69) is 155 Å². The zero-order valence-corrected chi connectivity index (χ0v) is 28.2. The molecule has 0 amide bonds. The fraction of sp³-hybridized carbons (Fsp3) is 0. The summed E-state index contributed by atoms with van der Waals surface area (Å²) in [6.45, 7) is 0. The highest BCUT2D eigenvalue weighted by atomic mass is 32.1. The highest BCUT2D eigenvalue weighted by Gasteiger charge is 2.18. The second-order valence-electron chi connectivity index (χ2n) is 13.2. The van der Waals surface area contributed by atoms with E-state index in [1.807, 2.05) is 24.4 Å². The van der Waals surface area contributed by atoms with Crippen molar-refractivity contribution < 1.29 is 4.42 Å². The van der Waals surface area contributed by atoms with Crippen molar-refractivity contribution in [3.8, 4) is 11.1 Å². The van der Waals surface area contributed by atoms with E-state index >= 15 is 0 Å². The molecule has 0 unspecified atom stereocenters. The summed E-state index contributed by atoms with van der Waals surface area (Å²) >= 11 is 1.74. The van der Waals surface area contributed by atoms with Crippen LogP contribution in [0.25, 0.3) is 85.7 Å². The van der Waals surface area contributed by atoms with E-state index in [-0.39, 0.29) is 0 Å². The predicted octanol–water partition coefficient (Wildman–Crippen LogP) is 13.9. The molecule has 0 aliphatic heterocycles. The van der Waals surface area contributed by atoms with Crippen LogP contribution in [0.2, 0.25) is 0 Å². The summed E-state index contributed by atoms with van der Waals surface area (Å²) in [6.07, 6.45) is 1.87. The molecule has 3 aromatic heterocycles. The largest absolute Gasteiger partial charge is 0.456 e. The topological polar surface area (TPSA) is 29.3 Å². The number of anilines is 3. The maximum Gasteiger partial charge on any atom is 0.135 e. The van der Waals surface area contributed by atoms with Gasteiger partial charge in [0.15, 0.2) is 0 Å². The van der Waals surface area contributed by atoms with Gasteiger partial charge in [-0.1, -0.05) is 97.1 Å². The van der Waals surface area contributed by atoms with Crippen LogP contribution >= 0.6 is 11.3 Å². The van der Waals surface area contributed by atoms with Crippen molar-refractivity contribution in [1.29, 1.82) is 0 Å². The molecule has 238 valence electrons. The van der Waals surface area contributed by atoms with Crippen molar-refractivity contribution in [2.24, 2.45) is 0 Å². The van der Waals surface area contributed by atoms with E-state index in [1.54, 1.807) is 11.3 Å². The summed E-state index contributed by atoms with van der Waals surface area (Å²) in [4.78, 5) is 8.06. The maximum absolute atomic E-state index is 6.21. The summed E-state index contributed by atoms with van der Waals surface area (Å²) in [6, 6.07) is 59.1. The summed E-state index contributed by atoms with van der Waals surface area (Å²) in [5, 5.41) is 12.4. The molecule has 0 aliphatic carbocycles. The smallest absolute Gasteiger partial charge is 0.135 e. The number of hydrogen-bond acceptors (Lipinski definition) is 4. The zero-order valence-electron chi connectivity index (χ0n) is 27.4. The van der Waals surface area contributed by atoms with E-state index in [0.717, 1.165) is 43.8 Å². The molecule has 0 bridgehead atoms. The summed E-state index contributed by atoms with van der Waals surface area (Å²) < 4.78 is 7.43. The van der Waals surface area contributed by atoms with E-state index in [9.17, 15) is 0 Å². The highest BCUT2D eigenvalue weighted by molar-refractivity contribution is 7.25. The van der Waals surface area contributed by atoms with Gasteiger partial charge < -0.3 is 9.32 Å². The first kappa shape index (κ1) is 28.4. The predicted molar refractivity (Wildman–Crippen MR) is 217 cm³/mol. The number of pyridine rings is 1. The number of fused-ring (bicyclic) bond motifs is 12. The number of thiophene rings is 1. The number of benzene rings is 8. The Balaban J connectivity index is 1.07. The van der Waals surface area contributed by atoms with Crippen LogP contribution in [0, 0.1) is 0 Å². The number of aromatic nitrogens is 1. The van der Waals surface area contributed by atoms with Crippen molar-refractivity contribution in [2.75, 3.05) is 4.90 Å². The second-order valence-corrected chi connectivity index (χ2v) is 14.2. The first-order valence-corrected chi connectivity index (χ1v) is 18.0. The van der Waals surface area contributed by atoms with Crippen LogP contribution in [0.5, 0.6) is 0 Å². The van der Waals surface area contributed by atoms with Gasteiger partial charge in [0.1, 0.15) is 16.0 Å². The Morgan fingerprint density at radius 3 is 1.75 bits per heavy atom. The maximum atomic E-state index is 6.21. The Labute approximate surface area is 297 Å². The Morgan fingerprint density at radius 1 is 0.392 bits per heavy atom. The van der Waals surface area contributed by atoms with Crippen molar-refractivity contribution >= 4 is 103 Å². The van der Waals surface area contributed by atoms with Crippen LogP contribution in [0.4, 0.5) is 17.1 Å². The van der Waals surface area contributed by atoms with Crippen LogP contribution in [0.1, 0.15) is 0 Å². The monoisotopic (exact) mass is 668 g/mol. The lowest BCUT2D eigenvalue weighted by molar-refractivity contribution is 0.669. The minimum Gasteiger partial charge on any atom is -0.456 e. The normalized spacial score (nSPS) is 11.9. The minimum atomic E-state index is 0.887. The molecule has 0 radical (unpaired) electrons. The van der Waals surface area contributed by atoms with Crippen molar-refractivity contribution in [3.05, 3.63) is 170 Å². The van der Waals surface area contributed by atoms with Gasteiger partial charge in [0.2, 0.25) is 0 Å². The van der Waals surface area contributed by atoms with E-state index < -0.39 is 0 Å². The first-order valence-electron chi connectivity index (χ1n) is 17.2. The van der Waals surface area contributed by atoms with E-state index in [0.29, 0.717) is 0 Å². The van der Waals surface area contributed by atoms with E-state index in [1.165, 1.54) is 58.9 Å². The van der Waals surface area contributed by atoms with Gasteiger partial charge in [0.05, 0.1) is 0 Å². The Kier molecular flexibility index (Phi) is 6.12. The molecule has 3 heterocycles. The quantitative estimate of drug-likeness (QED) is 0.175. The molecule has 0 saturated heterocycles. The molecule has 0 N–H and O–H groups in total. The number of rotatable bonds is 4. The third-order valence-electron chi connectivity index (χ3n) is 10.3. The molecule has 0 atom stereocenters. The van der Waals surface area contributed by atoms with Crippen LogP contribution in [-0.4, -0.2) is 4.98 Å². The average molecular weight is 669 g/mol. The average Bonchev–Trinajstić information content (AvgIpc) is 3.76. The minimum absolute atomic E-state index is 0.887. The van der Waals surface area contributed by atoms with Gasteiger partial charge in [-0.2, -0.15) is 0 Å². The Morgan fingerprint density at radius 2 is 0.961 bits per heavy atom. The molecule has 11 aromatic rings. The van der Waals surface area contributed by atoms with E-state index in [4.69, 9.17) is 4.42 Å². The summed E-state index contributed by atoms with van der Waals surface area (Å²) in [7, 11) is 0. The van der Waals surface area contributed by atoms with Crippen LogP contribution in [0.3, 0.4) is 0 Å². The fourth-order valence-electron chi connectivity index (χ4n) is 7.93. The summed E-state index contributed by atoms with van der Waals surface area (Å²) in [5.74, 6) is 0. The molecule has 4 heteroatoms. The standard InChI is InChI=1S/C47H28N2OS/c1-2-10-36-34(8-1)35-9-3-4-11-37(35)42-26-30(17-22-38(36)42)29-15-18-31(19-16-29)49(32-21-24-45-43(27-32)39-12-5-6-14-44(39)50-45)33-20-23-40-41-13-7-25-48-47(41)51-46(40)28-33/h1-28H. The third kappa shape index (κ3) is 4.40. The number of para-hydroxylation sites is 1. The SMILES string of the molecule is c1ccc2c(c1)oc1ccc(N(c3ccc(-c4ccc5c6ccccc6c6ccccc6c5c4)cc3)c3ccc4c(c3)sc3ncccc34)cc12. The molecule has 3 nitrogen and oxygen atoms in total. The van der Waals surface area contributed by atoms with Crippen LogP contribution in [0.15, 0.2) is 174 Å². The van der Waals surface area contributed by atoms with Crippen molar-refractivity contribution in [1.82, 2.24) is 4.98 Å². The van der Waals surface area contributed by atoms with Crippen molar-refractivity contribution in [2.45, 2.75) is 0 Å². The molecule has 0 spiro atoms. The highest BCUT2D eigenvalue weighted by Crippen LogP contribution is 2.43. The van der Waals surface area contributed by atoms with Gasteiger partial charge in [-0.3, -0.25) is 0 Å². The fourth-order valence-corrected chi connectivity index (χ4v) is 9.01. The Bertz CT molecular complexity index is 3120. The number of furan rings is 1. The first-order chi connectivity index (χ1) is 25.3. The van der Waals surface area contributed by atoms with Crippen LogP contribution in [-0.2, 0) is 0 Å². The lowest BCUT2D eigenvalue weighted by Crippen LogP contribution is -2.09.